The second kappa shape index (κ2) is 7.36. The molecule has 1 aliphatic rings. The molecule has 7 heteroatoms. The fourth-order valence-corrected chi connectivity index (χ4v) is 4.01. The van der Waals surface area contributed by atoms with Crippen molar-refractivity contribution in [2.24, 2.45) is 7.05 Å². The van der Waals surface area contributed by atoms with Crippen molar-refractivity contribution in [3.63, 3.8) is 0 Å². The third-order valence-corrected chi connectivity index (χ3v) is 5.65. The molecule has 1 aromatic carbocycles. The van der Waals surface area contributed by atoms with Gasteiger partial charge in [-0.1, -0.05) is 23.7 Å². The second-order valence-corrected chi connectivity index (χ2v) is 7.64. The SMILES string of the molecule is Cc1cc(=O)c(OCC(=O)N[C@H]2CCCc3c2[nH]c2c(Cl)cccc32)cn1C. The highest BCUT2D eigenvalue weighted by atomic mass is 35.5. The Balaban J connectivity index is 1.49. The maximum absolute atomic E-state index is 12.5. The van der Waals surface area contributed by atoms with Gasteiger partial charge >= 0.3 is 0 Å². The zero-order valence-electron chi connectivity index (χ0n) is 15.8. The van der Waals surface area contributed by atoms with Crippen LogP contribution in [0.5, 0.6) is 5.75 Å². The maximum atomic E-state index is 12.5. The van der Waals surface area contributed by atoms with Crippen molar-refractivity contribution < 1.29 is 9.53 Å². The molecule has 1 amide bonds. The Kier molecular flexibility index (Phi) is 4.89. The highest BCUT2D eigenvalue weighted by Crippen LogP contribution is 2.36. The van der Waals surface area contributed by atoms with Gasteiger partial charge in [-0.05, 0) is 37.8 Å². The second-order valence-electron chi connectivity index (χ2n) is 7.23. The van der Waals surface area contributed by atoms with Crippen LogP contribution in [0.15, 0.2) is 35.3 Å². The first-order valence-corrected chi connectivity index (χ1v) is 9.70. The van der Waals surface area contributed by atoms with Crippen LogP contribution < -0.4 is 15.5 Å². The van der Waals surface area contributed by atoms with Gasteiger partial charge in [-0.2, -0.15) is 0 Å². The summed E-state index contributed by atoms with van der Waals surface area (Å²) in [7, 11) is 1.83. The van der Waals surface area contributed by atoms with Crippen LogP contribution in [-0.2, 0) is 18.3 Å². The number of halogens is 1. The van der Waals surface area contributed by atoms with Gasteiger partial charge in [0.2, 0.25) is 5.43 Å². The van der Waals surface area contributed by atoms with Crippen LogP contribution >= 0.6 is 11.6 Å². The zero-order valence-corrected chi connectivity index (χ0v) is 16.6. The van der Waals surface area contributed by atoms with Gasteiger partial charge in [0.25, 0.3) is 5.91 Å². The minimum Gasteiger partial charge on any atom is -0.478 e. The normalized spacial score (nSPS) is 16.0. The Hall–Kier alpha value is -2.73. The summed E-state index contributed by atoms with van der Waals surface area (Å²) in [6.07, 6.45) is 4.38. The Morgan fingerprint density at radius 3 is 3.07 bits per heavy atom. The fourth-order valence-electron chi connectivity index (χ4n) is 3.79. The molecule has 3 aromatic rings. The summed E-state index contributed by atoms with van der Waals surface area (Å²) in [6.45, 7) is 1.64. The zero-order chi connectivity index (χ0) is 19.8. The Morgan fingerprint density at radius 1 is 1.43 bits per heavy atom. The number of hydrogen-bond donors (Lipinski definition) is 2. The molecule has 28 heavy (non-hydrogen) atoms. The lowest BCUT2D eigenvalue weighted by atomic mass is 9.91. The number of nitrogens with zero attached hydrogens (tertiary/aromatic N) is 1. The number of para-hydroxylation sites is 1. The monoisotopic (exact) mass is 399 g/mol. The number of aromatic nitrogens is 2. The summed E-state index contributed by atoms with van der Waals surface area (Å²) >= 11 is 6.32. The number of aryl methyl sites for hydroxylation is 3. The molecule has 2 aromatic heterocycles. The van der Waals surface area contributed by atoms with Crippen LogP contribution in [0, 0.1) is 6.92 Å². The fraction of sp³-hybridized carbons (Fsp3) is 0.333. The lowest BCUT2D eigenvalue weighted by Gasteiger charge is -2.23. The van der Waals surface area contributed by atoms with E-state index in [4.69, 9.17) is 16.3 Å². The first-order valence-electron chi connectivity index (χ1n) is 9.32. The maximum Gasteiger partial charge on any atom is 0.258 e. The van der Waals surface area contributed by atoms with Crippen LogP contribution in [0.25, 0.3) is 10.9 Å². The summed E-state index contributed by atoms with van der Waals surface area (Å²) in [5.74, 6) is -0.0878. The number of amides is 1. The number of ether oxygens (including phenoxy) is 1. The van der Waals surface area contributed by atoms with Crippen molar-refractivity contribution in [1.29, 1.82) is 0 Å². The van der Waals surface area contributed by atoms with Crippen LogP contribution in [0.1, 0.15) is 35.8 Å². The van der Waals surface area contributed by atoms with E-state index in [2.05, 4.69) is 16.4 Å². The van der Waals surface area contributed by atoms with Gasteiger partial charge in [0.1, 0.15) is 0 Å². The number of rotatable bonds is 4. The molecule has 0 aliphatic heterocycles. The lowest BCUT2D eigenvalue weighted by Crippen LogP contribution is -2.35. The summed E-state index contributed by atoms with van der Waals surface area (Å²) in [5.41, 5.74) is 3.73. The van der Waals surface area contributed by atoms with E-state index in [-0.39, 0.29) is 29.7 Å². The van der Waals surface area contributed by atoms with E-state index in [1.807, 2.05) is 26.1 Å². The van der Waals surface area contributed by atoms with Gasteiger partial charge in [-0.15, -0.1) is 0 Å². The highest BCUT2D eigenvalue weighted by molar-refractivity contribution is 6.35. The topological polar surface area (TPSA) is 76.1 Å². The van der Waals surface area contributed by atoms with E-state index >= 15 is 0 Å². The van der Waals surface area contributed by atoms with Crippen LogP contribution in [-0.4, -0.2) is 22.1 Å². The minimum absolute atomic E-state index is 0.121. The summed E-state index contributed by atoms with van der Waals surface area (Å²) < 4.78 is 7.25. The van der Waals surface area contributed by atoms with Gasteiger partial charge in [0, 0.05) is 36.1 Å². The van der Waals surface area contributed by atoms with E-state index in [0.717, 1.165) is 41.6 Å². The number of benzene rings is 1. The van der Waals surface area contributed by atoms with E-state index in [0.29, 0.717) is 5.02 Å². The van der Waals surface area contributed by atoms with Crippen molar-refractivity contribution in [1.82, 2.24) is 14.9 Å². The van der Waals surface area contributed by atoms with E-state index in [9.17, 15) is 9.59 Å². The molecule has 0 saturated carbocycles. The highest BCUT2D eigenvalue weighted by Gasteiger charge is 2.26. The van der Waals surface area contributed by atoms with Crippen LogP contribution in [0.2, 0.25) is 5.02 Å². The molecule has 2 heterocycles. The lowest BCUT2D eigenvalue weighted by molar-refractivity contribution is -0.124. The van der Waals surface area contributed by atoms with E-state index < -0.39 is 0 Å². The average molecular weight is 400 g/mol. The Morgan fingerprint density at radius 2 is 2.25 bits per heavy atom. The molecule has 0 radical (unpaired) electrons. The van der Waals surface area contributed by atoms with Gasteiger partial charge in [0.15, 0.2) is 12.4 Å². The Labute approximate surface area is 167 Å². The van der Waals surface area contributed by atoms with Gasteiger partial charge in [-0.25, -0.2) is 0 Å². The Bertz CT molecular complexity index is 1120. The first kappa shape index (κ1) is 18.6. The third kappa shape index (κ3) is 3.40. The third-order valence-electron chi connectivity index (χ3n) is 5.34. The van der Waals surface area contributed by atoms with Crippen molar-refractivity contribution >= 4 is 28.4 Å². The molecule has 146 valence electrons. The predicted octanol–water partition coefficient (Wildman–Crippen LogP) is 3.40. The van der Waals surface area contributed by atoms with Crippen molar-refractivity contribution in [2.75, 3.05) is 6.61 Å². The quantitative estimate of drug-likeness (QED) is 0.706. The number of nitrogens with one attached hydrogen (secondary N) is 2. The van der Waals surface area contributed by atoms with Crippen molar-refractivity contribution in [3.8, 4) is 5.75 Å². The summed E-state index contributed by atoms with van der Waals surface area (Å²) in [4.78, 5) is 27.9. The summed E-state index contributed by atoms with van der Waals surface area (Å²) in [6, 6.07) is 7.22. The van der Waals surface area contributed by atoms with E-state index in [1.54, 1.807) is 10.8 Å². The molecule has 1 atom stereocenters. The van der Waals surface area contributed by atoms with Gasteiger partial charge in [-0.3, -0.25) is 9.59 Å². The molecular weight excluding hydrogens is 378 g/mol. The molecule has 0 saturated heterocycles. The molecule has 0 spiro atoms. The minimum atomic E-state index is -0.259. The summed E-state index contributed by atoms with van der Waals surface area (Å²) in [5, 5.41) is 4.81. The van der Waals surface area contributed by atoms with Crippen LogP contribution in [0.4, 0.5) is 0 Å². The van der Waals surface area contributed by atoms with Crippen LogP contribution in [0.3, 0.4) is 0 Å². The smallest absolute Gasteiger partial charge is 0.258 e. The number of H-pyrrole nitrogens is 1. The number of fused-ring (bicyclic) bond motifs is 3. The number of pyridine rings is 1. The molecule has 6 nitrogen and oxygen atoms in total. The first-order chi connectivity index (χ1) is 13.4. The van der Waals surface area contributed by atoms with Gasteiger partial charge in [0.05, 0.1) is 16.6 Å². The standard InChI is InChI=1S/C21H22ClN3O3/c1-12-9-17(26)18(10-25(12)2)28-11-19(27)23-16-8-4-6-14-13-5-3-7-15(22)20(13)24-21(14)16/h3,5,7,9-10,16,24H,4,6,8,11H2,1-2H3,(H,23,27)/t16-/m0/s1. The average Bonchev–Trinajstić information content (AvgIpc) is 3.05. The number of carbonyl (C=O) groups is 1. The molecule has 0 bridgehead atoms. The molecule has 4 rings (SSSR count). The van der Waals surface area contributed by atoms with Crippen molar-refractivity contribution in [3.05, 3.63) is 62.7 Å². The van der Waals surface area contributed by atoms with Crippen molar-refractivity contribution in [2.45, 2.75) is 32.2 Å². The predicted molar refractivity (Wildman–Crippen MR) is 109 cm³/mol. The number of carbonyl (C=O) groups excluding carboxylic acids is 1. The number of hydrogen-bond acceptors (Lipinski definition) is 3. The number of aromatic amines is 1. The van der Waals surface area contributed by atoms with E-state index in [1.165, 1.54) is 11.6 Å². The molecule has 1 aliphatic carbocycles. The largest absolute Gasteiger partial charge is 0.478 e. The molecule has 0 fully saturated rings. The molecule has 0 unspecified atom stereocenters. The van der Waals surface area contributed by atoms with Gasteiger partial charge < -0.3 is 19.6 Å². The molecular formula is C21H22ClN3O3. The molecule has 2 N–H and O–H groups in total.